The molecular formula is C15H23N5O. The molecule has 2 rings (SSSR count). The lowest BCUT2D eigenvalue weighted by molar-refractivity contribution is 0.0788. The molecule has 0 bridgehead atoms. The van der Waals surface area contributed by atoms with E-state index in [9.17, 15) is 4.79 Å². The van der Waals surface area contributed by atoms with E-state index < -0.39 is 0 Å². The van der Waals surface area contributed by atoms with Gasteiger partial charge in [-0.3, -0.25) is 14.2 Å². The smallest absolute Gasteiger partial charge is 0.257 e. The number of amides is 1. The van der Waals surface area contributed by atoms with Gasteiger partial charge in [0, 0.05) is 32.2 Å². The summed E-state index contributed by atoms with van der Waals surface area (Å²) >= 11 is 0. The fraction of sp³-hybridized carbons (Fsp3) is 0.533. The number of carbonyl (C=O) groups is 1. The van der Waals surface area contributed by atoms with E-state index in [1.54, 1.807) is 18.1 Å². The predicted octanol–water partition coefficient (Wildman–Crippen LogP) is 1.92. The van der Waals surface area contributed by atoms with Crippen LogP contribution in [0.3, 0.4) is 0 Å². The van der Waals surface area contributed by atoms with E-state index in [-0.39, 0.29) is 11.4 Å². The molecule has 0 fully saturated rings. The zero-order valence-corrected chi connectivity index (χ0v) is 13.4. The number of carbonyl (C=O) groups excluding carboxylic acids is 1. The van der Waals surface area contributed by atoms with Crippen molar-refractivity contribution < 1.29 is 4.79 Å². The number of nitrogens with zero attached hydrogens (tertiary/aromatic N) is 5. The first-order valence-electron chi connectivity index (χ1n) is 7.08. The first kappa shape index (κ1) is 15.3. The van der Waals surface area contributed by atoms with Gasteiger partial charge in [-0.2, -0.15) is 10.2 Å². The molecule has 0 saturated heterocycles. The van der Waals surface area contributed by atoms with E-state index in [0.717, 1.165) is 5.69 Å². The number of likely N-dealkylation sites (N-methyl/N-ethyl adjacent to an activating group) is 1. The maximum absolute atomic E-state index is 12.5. The van der Waals surface area contributed by atoms with Crippen LogP contribution in [0.25, 0.3) is 0 Å². The first-order valence-corrected chi connectivity index (χ1v) is 7.08. The van der Waals surface area contributed by atoms with Crippen molar-refractivity contribution in [1.82, 2.24) is 24.5 Å². The maximum Gasteiger partial charge on any atom is 0.257 e. The van der Waals surface area contributed by atoms with Crippen molar-refractivity contribution in [2.24, 2.45) is 0 Å². The van der Waals surface area contributed by atoms with Crippen molar-refractivity contribution in [3.63, 3.8) is 0 Å². The summed E-state index contributed by atoms with van der Waals surface area (Å²) < 4.78 is 3.66. The Hall–Kier alpha value is -2.11. The Bertz CT molecular complexity index is 607. The number of aromatic nitrogens is 4. The molecule has 0 spiro atoms. The third-order valence-corrected chi connectivity index (χ3v) is 3.39. The Morgan fingerprint density at radius 1 is 1.38 bits per heavy atom. The Balaban J connectivity index is 2.07. The largest absolute Gasteiger partial charge is 0.340 e. The Morgan fingerprint density at radius 3 is 2.62 bits per heavy atom. The highest BCUT2D eigenvalue weighted by Gasteiger charge is 2.21. The minimum absolute atomic E-state index is 0.00449. The van der Waals surface area contributed by atoms with Crippen LogP contribution in [0.15, 0.2) is 24.7 Å². The minimum Gasteiger partial charge on any atom is -0.340 e. The molecule has 0 aliphatic carbocycles. The molecular weight excluding hydrogens is 266 g/mol. The van der Waals surface area contributed by atoms with E-state index in [4.69, 9.17) is 0 Å². The molecule has 0 radical (unpaired) electrons. The van der Waals surface area contributed by atoms with Gasteiger partial charge in [0.05, 0.1) is 23.3 Å². The molecule has 6 heteroatoms. The highest BCUT2D eigenvalue weighted by Crippen LogP contribution is 2.17. The Morgan fingerprint density at radius 2 is 2.10 bits per heavy atom. The number of hydrogen-bond donors (Lipinski definition) is 0. The van der Waals surface area contributed by atoms with Crippen LogP contribution in [-0.4, -0.2) is 44.0 Å². The summed E-state index contributed by atoms with van der Waals surface area (Å²) in [6.07, 6.45) is 5.46. The van der Waals surface area contributed by atoms with Crippen LogP contribution < -0.4 is 0 Å². The van der Waals surface area contributed by atoms with Gasteiger partial charge < -0.3 is 4.90 Å². The highest BCUT2D eigenvalue weighted by molar-refractivity contribution is 5.94. The zero-order valence-electron chi connectivity index (χ0n) is 13.4. The number of rotatable bonds is 4. The first-order chi connectivity index (χ1) is 9.79. The summed E-state index contributed by atoms with van der Waals surface area (Å²) in [6, 6.07) is 1.87. The van der Waals surface area contributed by atoms with Gasteiger partial charge >= 0.3 is 0 Å². The fourth-order valence-corrected chi connectivity index (χ4v) is 2.01. The van der Waals surface area contributed by atoms with Gasteiger partial charge in [0.1, 0.15) is 0 Å². The summed E-state index contributed by atoms with van der Waals surface area (Å²) in [5.41, 5.74) is 1.30. The van der Waals surface area contributed by atoms with Crippen LogP contribution in [-0.2, 0) is 12.1 Å². The van der Waals surface area contributed by atoms with Crippen LogP contribution in [0, 0.1) is 6.92 Å². The average molecular weight is 289 g/mol. The van der Waals surface area contributed by atoms with E-state index in [1.807, 2.05) is 34.7 Å². The molecule has 0 aliphatic heterocycles. The van der Waals surface area contributed by atoms with Crippen molar-refractivity contribution in [3.05, 3.63) is 35.9 Å². The van der Waals surface area contributed by atoms with E-state index in [0.29, 0.717) is 18.7 Å². The monoisotopic (exact) mass is 289 g/mol. The second-order valence-corrected chi connectivity index (χ2v) is 6.24. The van der Waals surface area contributed by atoms with E-state index >= 15 is 0 Å². The van der Waals surface area contributed by atoms with Crippen LogP contribution in [0.4, 0.5) is 0 Å². The molecule has 0 unspecified atom stereocenters. The lowest BCUT2D eigenvalue weighted by atomic mass is 10.1. The van der Waals surface area contributed by atoms with Crippen molar-refractivity contribution in [2.45, 2.75) is 39.8 Å². The van der Waals surface area contributed by atoms with Crippen molar-refractivity contribution in [3.8, 4) is 0 Å². The molecule has 114 valence electrons. The molecule has 0 saturated carbocycles. The third kappa shape index (κ3) is 3.51. The second kappa shape index (κ2) is 5.71. The molecule has 0 N–H and O–H groups in total. The van der Waals surface area contributed by atoms with Crippen LogP contribution in [0.1, 0.15) is 36.8 Å². The van der Waals surface area contributed by atoms with Crippen LogP contribution >= 0.6 is 0 Å². The summed E-state index contributed by atoms with van der Waals surface area (Å²) in [6.45, 7) is 9.36. The summed E-state index contributed by atoms with van der Waals surface area (Å²) in [5.74, 6) is -0.00449. The predicted molar refractivity (Wildman–Crippen MR) is 81.1 cm³/mol. The van der Waals surface area contributed by atoms with Crippen molar-refractivity contribution >= 4 is 5.91 Å². The Labute approximate surface area is 125 Å². The average Bonchev–Trinajstić information content (AvgIpc) is 3.03. The third-order valence-electron chi connectivity index (χ3n) is 3.39. The summed E-state index contributed by atoms with van der Waals surface area (Å²) in [5, 5.41) is 8.58. The van der Waals surface area contributed by atoms with E-state index in [1.165, 1.54) is 0 Å². The zero-order chi connectivity index (χ0) is 15.6. The standard InChI is InChI=1S/C15H23N5O/c1-12-13(11-20(17-12)15(2,3)4)14(21)18(5)9-10-19-8-6-7-16-19/h6-8,11H,9-10H2,1-5H3. The molecule has 2 heterocycles. The normalized spacial score (nSPS) is 11.7. The lowest BCUT2D eigenvalue weighted by Gasteiger charge is -2.19. The fourth-order valence-electron chi connectivity index (χ4n) is 2.01. The molecule has 0 aromatic carbocycles. The van der Waals surface area contributed by atoms with Gasteiger partial charge in [-0.1, -0.05) is 0 Å². The van der Waals surface area contributed by atoms with Crippen LogP contribution in [0.2, 0.25) is 0 Å². The lowest BCUT2D eigenvalue weighted by Crippen LogP contribution is -2.30. The summed E-state index contributed by atoms with van der Waals surface area (Å²) in [7, 11) is 1.81. The molecule has 6 nitrogen and oxygen atoms in total. The Kier molecular flexibility index (Phi) is 4.16. The number of hydrogen-bond acceptors (Lipinski definition) is 3. The maximum atomic E-state index is 12.5. The quantitative estimate of drug-likeness (QED) is 0.864. The van der Waals surface area contributed by atoms with Crippen molar-refractivity contribution in [2.75, 3.05) is 13.6 Å². The van der Waals surface area contributed by atoms with Gasteiger partial charge in [-0.25, -0.2) is 0 Å². The molecule has 2 aromatic heterocycles. The van der Waals surface area contributed by atoms with Gasteiger partial charge in [-0.05, 0) is 33.8 Å². The molecule has 0 aliphatic rings. The van der Waals surface area contributed by atoms with Crippen LogP contribution in [0.5, 0.6) is 0 Å². The minimum atomic E-state index is -0.128. The second-order valence-electron chi connectivity index (χ2n) is 6.24. The van der Waals surface area contributed by atoms with Crippen molar-refractivity contribution in [1.29, 1.82) is 0 Å². The van der Waals surface area contributed by atoms with E-state index in [2.05, 4.69) is 31.0 Å². The highest BCUT2D eigenvalue weighted by atomic mass is 16.2. The molecule has 2 aromatic rings. The summed E-state index contributed by atoms with van der Waals surface area (Å²) in [4.78, 5) is 14.2. The topological polar surface area (TPSA) is 56.0 Å². The van der Waals surface area contributed by atoms with Gasteiger partial charge in [0.2, 0.25) is 0 Å². The van der Waals surface area contributed by atoms with Gasteiger partial charge in [0.25, 0.3) is 5.91 Å². The SMILES string of the molecule is Cc1nn(C(C)(C)C)cc1C(=O)N(C)CCn1cccn1. The number of aryl methyl sites for hydroxylation is 1. The van der Waals surface area contributed by atoms with Gasteiger partial charge in [0.15, 0.2) is 0 Å². The molecule has 21 heavy (non-hydrogen) atoms. The molecule has 0 atom stereocenters. The van der Waals surface area contributed by atoms with Gasteiger partial charge in [-0.15, -0.1) is 0 Å². The molecule has 1 amide bonds.